The van der Waals surface area contributed by atoms with Crippen molar-refractivity contribution in [2.75, 3.05) is 19.6 Å². The molecule has 1 saturated heterocycles. The predicted molar refractivity (Wildman–Crippen MR) is 93.8 cm³/mol. The van der Waals surface area contributed by atoms with E-state index in [1.54, 1.807) is 4.90 Å². The van der Waals surface area contributed by atoms with Crippen molar-refractivity contribution >= 4 is 11.8 Å². The molecule has 148 valence electrons. The summed E-state index contributed by atoms with van der Waals surface area (Å²) in [5, 5.41) is 2.90. The van der Waals surface area contributed by atoms with Gasteiger partial charge in [-0.2, -0.15) is 13.2 Å². The molecule has 5 nitrogen and oxygen atoms in total. The number of piperidine rings is 1. The van der Waals surface area contributed by atoms with E-state index < -0.39 is 11.7 Å². The van der Waals surface area contributed by atoms with Gasteiger partial charge in [-0.25, -0.2) is 0 Å². The van der Waals surface area contributed by atoms with Crippen LogP contribution in [0.25, 0.3) is 0 Å². The second-order valence-corrected chi connectivity index (χ2v) is 7.39. The standard InChI is InChI=1S/C19H24F3N3O2/c20-19(21,22)15-5-3-14(4-6-15)18(27)25-9-7-13(8-10-25)17(26)24-11-16(23)12-1-2-12/h3-6,12-13,16H,1-2,7-11,23H2,(H,24,26). The van der Waals surface area contributed by atoms with E-state index in [1.807, 2.05) is 0 Å². The molecule has 8 heteroatoms. The highest BCUT2D eigenvalue weighted by Crippen LogP contribution is 2.31. The average molecular weight is 383 g/mol. The first-order valence-electron chi connectivity index (χ1n) is 9.25. The smallest absolute Gasteiger partial charge is 0.354 e. The summed E-state index contributed by atoms with van der Waals surface area (Å²) in [6.07, 6.45) is -1.09. The number of nitrogens with one attached hydrogen (secondary N) is 1. The Hall–Kier alpha value is -2.09. The van der Waals surface area contributed by atoms with Crippen LogP contribution in [0.15, 0.2) is 24.3 Å². The maximum atomic E-state index is 12.6. The molecule has 2 amide bonds. The van der Waals surface area contributed by atoms with E-state index in [9.17, 15) is 22.8 Å². The van der Waals surface area contributed by atoms with Gasteiger partial charge in [0, 0.05) is 37.2 Å². The fourth-order valence-corrected chi connectivity index (χ4v) is 3.38. The van der Waals surface area contributed by atoms with Crippen LogP contribution < -0.4 is 11.1 Å². The van der Waals surface area contributed by atoms with Crippen LogP contribution in [0.3, 0.4) is 0 Å². The minimum Gasteiger partial charge on any atom is -0.354 e. The second-order valence-electron chi connectivity index (χ2n) is 7.39. The van der Waals surface area contributed by atoms with Gasteiger partial charge in [-0.1, -0.05) is 0 Å². The quantitative estimate of drug-likeness (QED) is 0.820. The lowest BCUT2D eigenvalue weighted by Gasteiger charge is -2.31. The van der Waals surface area contributed by atoms with E-state index >= 15 is 0 Å². The lowest BCUT2D eigenvalue weighted by Crippen LogP contribution is -2.45. The van der Waals surface area contributed by atoms with Crippen LogP contribution in [0.4, 0.5) is 13.2 Å². The number of hydrogen-bond acceptors (Lipinski definition) is 3. The number of halogens is 3. The van der Waals surface area contributed by atoms with E-state index in [4.69, 9.17) is 5.73 Å². The number of benzene rings is 1. The first-order valence-corrected chi connectivity index (χ1v) is 9.25. The summed E-state index contributed by atoms with van der Waals surface area (Å²) in [4.78, 5) is 26.3. The SMILES string of the molecule is NC(CNC(=O)C1CCN(C(=O)c2ccc(C(F)(F)F)cc2)CC1)C1CC1. The van der Waals surface area contributed by atoms with Crippen LogP contribution in [-0.4, -0.2) is 42.4 Å². The number of likely N-dealkylation sites (tertiary alicyclic amines) is 1. The summed E-state index contributed by atoms with van der Waals surface area (Å²) in [5.74, 6) is 0.0210. The molecule has 27 heavy (non-hydrogen) atoms. The van der Waals surface area contributed by atoms with Gasteiger partial charge in [0.05, 0.1) is 5.56 Å². The predicted octanol–water partition coefficient (Wildman–Crippen LogP) is 2.41. The number of carbonyl (C=O) groups excluding carboxylic acids is 2. The maximum Gasteiger partial charge on any atom is 0.416 e. The van der Waals surface area contributed by atoms with Crippen molar-refractivity contribution in [2.24, 2.45) is 17.6 Å². The van der Waals surface area contributed by atoms with Gasteiger partial charge in [0.1, 0.15) is 0 Å². The lowest BCUT2D eigenvalue weighted by molar-refractivity contribution is -0.137. The molecule has 1 aromatic carbocycles. The fraction of sp³-hybridized carbons (Fsp3) is 0.579. The lowest BCUT2D eigenvalue weighted by atomic mass is 9.95. The molecule has 0 spiro atoms. The van der Waals surface area contributed by atoms with Gasteiger partial charge in [0.15, 0.2) is 0 Å². The van der Waals surface area contributed by atoms with Crippen LogP contribution in [0.1, 0.15) is 41.6 Å². The molecule has 1 aliphatic carbocycles. The number of hydrogen-bond donors (Lipinski definition) is 2. The number of nitrogens with zero attached hydrogens (tertiary/aromatic N) is 1. The highest BCUT2D eigenvalue weighted by molar-refractivity contribution is 5.94. The zero-order valence-corrected chi connectivity index (χ0v) is 15.0. The Morgan fingerprint density at radius 1 is 1.11 bits per heavy atom. The summed E-state index contributed by atoms with van der Waals surface area (Å²) < 4.78 is 37.8. The Bertz CT molecular complexity index is 678. The molecule has 0 radical (unpaired) electrons. The summed E-state index contributed by atoms with van der Waals surface area (Å²) in [5.41, 5.74) is 5.43. The van der Waals surface area contributed by atoms with Crippen molar-refractivity contribution in [3.63, 3.8) is 0 Å². The van der Waals surface area contributed by atoms with Crippen molar-refractivity contribution in [3.05, 3.63) is 35.4 Å². The van der Waals surface area contributed by atoms with Crippen LogP contribution in [0, 0.1) is 11.8 Å². The number of rotatable bonds is 5. The molecule has 1 unspecified atom stereocenters. The molecule has 2 fully saturated rings. The molecule has 3 rings (SSSR count). The highest BCUT2D eigenvalue weighted by atomic mass is 19.4. The molecule has 1 aromatic rings. The molecule has 3 N–H and O–H groups in total. The Morgan fingerprint density at radius 2 is 1.70 bits per heavy atom. The minimum atomic E-state index is -4.42. The number of amides is 2. The van der Waals surface area contributed by atoms with Gasteiger partial charge in [0.25, 0.3) is 5.91 Å². The topological polar surface area (TPSA) is 75.4 Å². The van der Waals surface area contributed by atoms with Crippen molar-refractivity contribution in [3.8, 4) is 0 Å². The van der Waals surface area contributed by atoms with Crippen LogP contribution >= 0.6 is 0 Å². The second kappa shape index (κ2) is 7.88. The first-order chi connectivity index (χ1) is 12.8. The molecule has 0 aromatic heterocycles. The van der Waals surface area contributed by atoms with E-state index in [1.165, 1.54) is 12.1 Å². The zero-order valence-electron chi connectivity index (χ0n) is 15.0. The first kappa shape index (κ1) is 19.7. The summed E-state index contributed by atoms with van der Waals surface area (Å²) in [6, 6.07) is 4.23. The third kappa shape index (κ3) is 5.00. The van der Waals surface area contributed by atoms with Gasteiger partial charge in [-0.05, 0) is 55.9 Å². The Kier molecular flexibility index (Phi) is 5.74. The van der Waals surface area contributed by atoms with Gasteiger partial charge in [-0.3, -0.25) is 9.59 Å². The van der Waals surface area contributed by atoms with E-state index in [0.717, 1.165) is 25.0 Å². The average Bonchev–Trinajstić information content (AvgIpc) is 3.50. The molecular formula is C19H24F3N3O2. The van der Waals surface area contributed by atoms with Crippen molar-refractivity contribution < 1.29 is 22.8 Å². The molecule has 1 aliphatic heterocycles. The van der Waals surface area contributed by atoms with E-state index in [0.29, 0.717) is 38.4 Å². The Balaban J connectivity index is 1.48. The highest BCUT2D eigenvalue weighted by Gasteiger charge is 2.32. The third-order valence-corrected chi connectivity index (χ3v) is 5.35. The number of carbonyl (C=O) groups is 2. The van der Waals surface area contributed by atoms with Gasteiger partial charge in [-0.15, -0.1) is 0 Å². The van der Waals surface area contributed by atoms with Gasteiger partial charge in [0.2, 0.25) is 5.91 Å². The van der Waals surface area contributed by atoms with Crippen LogP contribution in [0.5, 0.6) is 0 Å². The molecule has 0 bridgehead atoms. The number of alkyl halides is 3. The van der Waals surface area contributed by atoms with Crippen LogP contribution in [0.2, 0.25) is 0 Å². The molecule has 2 aliphatic rings. The normalized spacial score (nSPS) is 19.6. The largest absolute Gasteiger partial charge is 0.416 e. The third-order valence-electron chi connectivity index (χ3n) is 5.35. The zero-order chi connectivity index (χ0) is 19.6. The molecular weight excluding hydrogens is 359 g/mol. The Morgan fingerprint density at radius 3 is 2.22 bits per heavy atom. The van der Waals surface area contributed by atoms with Gasteiger partial charge < -0.3 is 16.0 Å². The van der Waals surface area contributed by atoms with Gasteiger partial charge >= 0.3 is 6.18 Å². The Labute approximate surface area is 156 Å². The van der Waals surface area contributed by atoms with Crippen molar-refractivity contribution in [2.45, 2.75) is 37.9 Å². The van der Waals surface area contributed by atoms with Crippen LogP contribution in [-0.2, 0) is 11.0 Å². The molecule has 1 saturated carbocycles. The van der Waals surface area contributed by atoms with E-state index in [2.05, 4.69) is 5.32 Å². The summed E-state index contributed by atoms with van der Waals surface area (Å²) in [7, 11) is 0. The van der Waals surface area contributed by atoms with Crippen molar-refractivity contribution in [1.82, 2.24) is 10.2 Å². The molecule has 1 atom stereocenters. The molecule has 1 heterocycles. The minimum absolute atomic E-state index is 0.00952. The number of nitrogens with two attached hydrogens (primary N) is 1. The summed E-state index contributed by atoms with van der Waals surface area (Å²) in [6.45, 7) is 1.30. The fourth-order valence-electron chi connectivity index (χ4n) is 3.38. The maximum absolute atomic E-state index is 12.6. The monoisotopic (exact) mass is 383 g/mol. The summed E-state index contributed by atoms with van der Waals surface area (Å²) >= 11 is 0. The van der Waals surface area contributed by atoms with Crippen molar-refractivity contribution in [1.29, 1.82) is 0 Å². The van der Waals surface area contributed by atoms with E-state index in [-0.39, 0.29) is 29.3 Å².